The number of anilines is 2. The minimum atomic E-state index is -0.0554. The number of carbonyl (C=O) groups is 1. The Labute approximate surface area is 164 Å². The molecule has 0 spiro atoms. The van der Waals surface area contributed by atoms with Crippen molar-refractivity contribution in [2.75, 3.05) is 25.5 Å². The van der Waals surface area contributed by atoms with E-state index in [1.807, 2.05) is 59.5 Å². The van der Waals surface area contributed by atoms with Gasteiger partial charge in [0.1, 0.15) is 17.3 Å². The highest BCUT2D eigenvalue weighted by Crippen LogP contribution is 2.28. The number of nitrogens with one attached hydrogen (secondary N) is 1. The van der Waals surface area contributed by atoms with Gasteiger partial charge in [-0.05, 0) is 25.0 Å². The molecule has 0 unspecified atom stereocenters. The van der Waals surface area contributed by atoms with Crippen molar-refractivity contribution >= 4 is 17.4 Å². The number of para-hydroxylation sites is 2. The Morgan fingerprint density at radius 1 is 1.00 bits per heavy atom. The molecule has 0 aliphatic carbocycles. The van der Waals surface area contributed by atoms with Crippen molar-refractivity contribution in [1.82, 2.24) is 14.9 Å². The van der Waals surface area contributed by atoms with Gasteiger partial charge in [-0.1, -0.05) is 42.5 Å². The number of likely N-dealkylation sites (tertiary alicyclic amines) is 1. The van der Waals surface area contributed by atoms with Gasteiger partial charge in [0.15, 0.2) is 5.82 Å². The van der Waals surface area contributed by atoms with Crippen LogP contribution in [0, 0.1) is 0 Å². The van der Waals surface area contributed by atoms with E-state index in [1.54, 1.807) is 13.2 Å². The second-order valence-corrected chi connectivity index (χ2v) is 6.65. The van der Waals surface area contributed by atoms with Gasteiger partial charge >= 0.3 is 0 Å². The van der Waals surface area contributed by atoms with Crippen LogP contribution in [0.5, 0.6) is 5.75 Å². The molecule has 3 aromatic rings. The molecule has 4 rings (SSSR count). The topological polar surface area (TPSA) is 67.3 Å². The normalized spacial score (nSPS) is 13.4. The zero-order chi connectivity index (χ0) is 19.3. The average molecular weight is 374 g/mol. The molecule has 6 heteroatoms. The molecule has 0 bridgehead atoms. The predicted octanol–water partition coefficient (Wildman–Crippen LogP) is 4.13. The first-order chi connectivity index (χ1) is 13.7. The highest BCUT2D eigenvalue weighted by molar-refractivity contribution is 5.94. The average Bonchev–Trinajstić information content (AvgIpc) is 3.29. The summed E-state index contributed by atoms with van der Waals surface area (Å²) in [7, 11) is 1.62. The van der Waals surface area contributed by atoms with E-state index in [9.17, 15) is 4.79 Å². The van der Waals surface area contributed by atoms with Gasteiger partial charge in [0, 0.05) is 24.7 Å². The van der Waals surface area contributed by atoms with Crippen molar-refractivity contribution in [2.24, 2.45) is 0 Å². The van der Waals surface area contributed by atoms with E-state index in [4.69, 9.17) is 4.74 Å². The van der Waals surface area contributed by atoms with Gasteiger partial charge in [-0.15, -0.1) is 0 Å². The molecule has 2 aromatic carbocycles. The fourth-order valence-corrected chi connectivity index (χ4v) is 3.31. The molecule has 2 heterocycles. The number of carbonyl (C=O) groups excluding carboxylic acids is 1. The smallest absolute Gasteiger partial charge is 0.272 e. The fourth-order valence-electron chi connectivity index (χ4n) is 3.31. The minimum absolute atomic E-state index is 0.0554. The number of amides is 1. The lowest BCUT2D eigenvalue weighted by atomic mass is 10.2. The summed E-state index contributed by atoms with van der Waals surface area (Å²) < 4.78 is 5.41. The Morgan fingerprint density at radius 3 is 2.46 bits per heavy atom. The van der Waals surface area contributed by atoms with Crippen LogP contribution in [0.3, 0.4) is 0 Å². The molecule has 6 nitrogen and oxygen atoms in total. The second-order valence-electron chi connectivity index (χ2n) is 6.65. The summed E-state index contributed by atoms with van der Waals surface area (Å²) in [5, 5.41) is 3.27. The van der Waals surface area contributed by atoms with Crippen LogP contribution in [0.2, 0.25) is 0 Å². The molecule has 0 atom stereocenters. The van der Waals surface area contributed by atoms with Gasteiger partial charge in [0.05, 0.1) is 12.8 Å². The maximum Gasteiger partial charge on any atom is 0.272 e. The van der Waals surface area contributed by atoms with Crippen LogP contribution >= 0.6 is 0 Å². The van der Waals surface area contributed by atoms with Gasteiger partial charge in [-0.2, -0.15) is 0 Å². The molecule has 1 fully saturated rings. The number of nitrogens with zero attached hydrogens (tertiary/aromatic N) is 3. The van der Waals surface area contributed by atoms with Gasteiger partial charge in [0.25, 0.3) is 5.91 Å². The molecular weight excluding hydrogens is 352 g/mol. The Morgan fingerprint density at radius 2 is 1.71 bits per heavy atom. The molecule has 1 aliphatic heterocycles. The molecule has 1 aromatic heterocycles. The van der Waals surface area contributed by atoms with E-state index in [2.05, 4.69) is 15.3 Å². The van der Waals surface area contributed by atoms with Crippen LogP contribution in [-0.2, 0) is 0 Å². The lowest BCUT2D eigenvalue weighted by Gasteiger charge is -2.16. The Hall–Kier alpha value is -3.41. The summed E-state index contributed by atoms with van der Waals surface area (Å²) in [6, 6.07) is 19.0. The van der Waals surface area contributed by atoms with E-state index in [0.29, 0.717) is 23.1 Å². The maximum absolute atomic E-state index is 12.9. The van der Waals surface area contributed by atoms with Crippen molar-refractivity contribution < 1.29 is 9.53 Å². The molecule has 0 saturated carbocycles. The third kappa shape index (κ3) is 3.81. The quantitative estimate of drug-likeness (QED) is 0.727. The van der Waals surface area contributed by atoms with Crippen LogP contribution in [0.4, 0.5) is 11.5 Å². The van der Waals surface area contributed by atoms with Crippen LogP contribution < -0.4 is 10.1 Å². The Kier molecular flexibility index (Phi) is 5.19. The molecule has 28 heavy (non-hydrogen) atoms. The van der Waals surface area contributed by atoms with E-state index in [1.165, 1.54) is 0 Å². The molecule has 0 radical (unpaired) electrons. The van der Waals surface area contributed by atoms with Crippen molar-refractivity contribution in [3.8, 4) is 17.1 Å². The largest absolute Gasteiger partial charge is 0.495 e. The number of ether oxygens (including phenoxy) is 1. The standard InChI is InChI=1S/C22H22N4O2/c1-28-19-12-6-5-11-17(19)23-20-15-18(22(27)26-13-7-8-14-26)24-21(25-20)16-9-3-2-4-10-16/h2-6,9-12,15H,7-8,13-14H2,1H3,(H,23,24,25). The van der Waals surface area contributed by atoms with Crippen molar-refractivity contribution in [3.63, 3.8) is 0 Å². The highest BCUT2D eigenvalue weighted by Gasteiger charge is 2.22. The molecular formula is C22H22N4O2. The first-order valence-electron chi connectivity index (χ1n) is 9.38. The second kappa shape index (κ2) is 8.08. The first-order valence-corrected chi connectivity index (χ1v) is 9.38. The van der Waals surface area contributed by atoms with Gasteiger partial charge in [0.2, 0.25) is 0 Å². The number of aromatic nitrogens is 2. The zero-order valence-electron chi connectivity index (χ0n) is 15.8. The van der Waals surface area contributed by atoms with Gasteiger partial charge < -0.3 is 15.0 Å². The van der Waals surface area contributed by atoms with Gasteiger partial charge in [-0.3, -0.25) is 4.79 Å². The lowest BCUT2D eigenvalue weighted by molar-refractivity contribution is 0.0787. The summed E-state index contributed by atoms with van der Waals surface area (Å²) in [5.41, 5.74) is 2.04. The van der Waals surface area contributed by atoms with Crippen molar-refractivity contribution in [1.29, 1.82) is 0 Å². The van der Waals surface area contributed by atoms with Gasteiger partial charge in [-0.25, -0.2) is 9.97 Å². The zero-order valence-corrected chi connectivity index (χ0v) is 15.8. The number of hydrogen-bond donors (Lipinski definition) is 1. The van der Waals surface area contributed by atoms with Crippen molar-refractivity contribution in [3.05, 3.63) is 66.4 Å². The fraction of sp³-hybridized carbons (Fsp3) is 0.227. The maximum atomic E-state index is 12.9. The van der Waals surface area contributed by atoms with Crippen molar-refractivity contribution in [2.45, 2.75) is 12.8 Å². The number of methoxy groups -OCH3 is 1. The summed E-state index contributed by atoms with van der Waals surface area (Å²) in [4.78, 5) is 24.0. The summed E-state index contributed by atoms with van der Waals surface area (Å²) in [6.07, 6.45) is 2.07. The monoisotopic (exact) mass is 374 g/mol. The third-order valence-corrected chi connectivity index (χ3v) is 4.74. The Balaban J connectivity index is 1.74. The van der Waals surface area contributed by atoms with Crippen LogP contribution in [0.25, 0.3) is 11.4 Å². The highest BCUT2D eigenvalue weighted by atomic mass is 16.5. The first kappa shape index (κ1) is 18.0. The van der Waals surface area contributed by atoms with Crippen LogP contribution in [0.15, 0.2) is 60.7 Å². The third-order valence-electron chi connectivity index (χ3n) is 4.74. The predicted molar refractivity (Wildman–Crippen MR) is 109 cm³/mol. The van der Waals surface area contributed by atoms with E-state index < -0.39 is 0 Å². The molecule has 1 aliphatic rings. The summed E-state index contributed by atoms with van der Waals surface area (Å²) in [6.45, 7) is 1.55. The minimum Gasteiger partial charge on any atom is -0.495 e. The van der Waals surface area contributed by atoms with E-state index in [-0.39, 0.29) is 5.91 Å². The summed E-state index contributed by atoms with van der Waals surface area (Å²) in [5.74, 6) is 1.72. The summed E-state index contributed by atoms with van der Waals surface area (Å²) >= 11 is 0. The van der Waals surface area contributed by atoms with Crippen LogP contribution in [-0.4, -0.2) is 41.0 Å². The SMILES string of the molecule is COc1ccccc1Nc1cc(C(=O)N2CCCC2)nc(-c2ccccc2)n1. The lowest BCUT2D eigenvalue weighted by Crippen LogP contribution is -2.28. The number of rotatable bonds is 5. The van der Waals surface area contributed by atoms with E-state index in [0.717, 1.165) is 37.2 Å². The number of hydrogen-bond acceptors (Lipinski definition) is 5. The number of benzene rings is 2. The van der Waals surface area contributed by atoms with Crippen LogP contribution in [0.1, 0.15) is 23.3 Å². The molecule has 1 saturated heterocycles. The Bertz CT molecular complexity index is 969. The molecule has 1 N–H and O–H groups in total. The molecule has 1 amide bonds. The van der Waals surface area contributed by atoms with E-state index >= 15 is 0 Å². The molecule has 142 valence electrons.